The number of nitrogens with one attached hydrogen (secondary N) is 3. The number of aryl methyl sites for hydroxylation is 2. The maximum absolute atomic E-state index is 4.66. The lowest BCUT2D eigenvalue weighted by molar-refractivity contribution is 0.225. The van der Waals surface area contributed by atoms with Crippen LogP contribution >= 0.6 is 0 Å². The van der Waals surface area contributed by atoms with Crippen LogP contribution in [0, 0.1) is 13.8 Å². The molecule has 3 aromatic rings. The first kappa shape index (κ1) is 16.2. The predicted molar refractivity (Wildman–Crippen MR) is 104 cm³/mol. The zero-order valence-corrected chi connectivity index (χ0v) is 15.4. The van der Waals surface area contributed by atoms with Gasteiger partial charge in [0, 0.05) is 60.5 Å². The van der Waals surface area contributed by atoms with Gasteiger partial charge in [0.2, 0.25) is 0 Å². The van der Waals surface area contributed by atoms with Crippen LogP contribution in [0.15, 0.2) is 30.5 Å². The van der Waals surface area contributed by atoms with Crippen LogP contribution in [0.25, 0.3) is 11.4 Å². The molecule has 27 heavy (non-hydrogen) atoms. The Morgan fingerprint density at radius 1 is 1.07 bits per heavy atom. The average molecular weight is 362 g/mol. The topological polar surface area (TPSA) is 94.7 Å². The molecule has 8 nitrogen and oxygen atoms in total. The molecule has 3 aliphatic rings. The molecule has 6 heterocycles. The summed E-state index contributed by atoms with van der Waals surface area (Å²) in [5.41, 5.74) is 2.79. The molecule has 3 fully saturated rings. The van der Waals surface area contributed by atoms with Crippen molar-refractivity contribution in [2.45, 2.75) is 32.4 Å². The number of nitrogens with zero attached hydrogens (tertiary/aromatic N) is 5. The number of piperidine rings is 1. The second kappa shape index (κ2) is 6.31. The van der Waals surface area contributed by atoms with Crippen LogP contribution in [0.3, 0.4) is 0 Å². The predicted octanol–water partition coefficient (Wildman–Crippen LogP) is 2.17. The van der Waals surface area contributed by atoms with Crippen molar-refractivity contribution in [3.63, 3.8) is 0 Å². The van der Waals surface area contributed by atoms with Gasteiger partial charge in [-0.2, -0.15) is 5.10 Å². The first-order chi connectivity index (χ1) is 13.1. The van der Waals surface area contributed by atoms with Crippen LogP contribution in [-0.2, 0) is 0 Å². The Morgan fingerprint density at radius 2 is 1.89 bits per heavy atom. The van der Waals surface area contributed by atoms with Gasteiger partial charge in [-0.15, -0.1) is 0 Å². The number of aromatic amines is 1. The van der Waals surface area contributed by atoms with Gasteiger partial charge in [-0.25, -0.2) is 15.0 Å². The lowest BCUT2D eigenvalue weighted by Gasteiger charge is -2.48. The number of aromatic nitrogens is 5. The van der Waals surface area contributed by atoms with Gasteiger partial charge in [0.05, 0.1) is 0 Å². The van der Waals surface area contributed by atoms with Crippen LogP contribution in [-0.4, -0.2) is 50.3 Å². The second-order valence-corrected chi connectivity index (χ2v) is 7.39. The second-order valence-electron chi connectivity index (χ2n) is 7.39. The Hall–Kier alpha value is -3.00. The van der Waals surface area contributed by atoms with E-state index in [-0.39, 0.29) is 0 Å². The van der Waals surface area contributed by atoms with Gasteiger partial charge < -0.3 is 15.5 Å². The van der Waals surface area contributed by atoms with Crippen molar-refractivity contribution in [1.29, 1.82) is 0 Å². The van der Waals surface area contributed by atoms with E-state index in [9.17, 15) is 0 Å². The van der Waals surface area contributed by atoms with Crippen LogP contribution < -0.4 is 15.5 Å². The quantitative estimate of drug-likeness (QED) is 0.655. The highest BCUT2D eigenvalue weighted by molar-refractivity contribution is 5.61. The zero-order valence-electron chi connectivity index (χ0n) is 15.4. The van der Waals surface area contributed by atoms with Crippen molar-refractivity contribution in [3.8, 4) is 11.4 Å². The number of hydrogen-bond donors (Lipinski definition) is 3. The fraction of sp³-hybridized carbons (Fsp3) is 0.368. The van der Waals surface area contributed by atoms with Gasteiger partial charge in [0.15, 0.2) is 11.6 Å². The monoisotopic (exact) mass is 362 g/mol. The molecule has 0 saturated carbocycles. The Morgan fingerprint density at radius 3 is 2.56 bits per heavy atom. The van der Waals surface area contributed by atoms with E-state index in [2.05, 4.69) is 46.7 Å². The molecular weight excluding hydrogens is 340 g/mol. The highest BCUT2D eigenvalue weighted by Crippen LogP contribution is 2.26. The molecule has 2 unspecified atom stereocenters. The fourth-order valence-electron chi connectivity index (χ4n) is 3.78. The molecule has 8 heteroatoms. The Labute approximate surface area is 157 Å². The molecule has 138 valence electrons. The highest BCUT2D eigenvalue weighted by Gasteiger charge is 2.36. The van der Waals surface area contributed by atoms with Crippen molar-refractivity contribution in [2.24, 2.45) is 0 Å². The van der Waals surface area contributed by atoms with Gasteiger partial charge in [0.25, 0.3) is 0 Å². The lowest BCUT2D eigenvalue weighted by atomic mass is 9.91. The summed E-state index contributed by atoms with van der Waals surface area (Å²) in [5, 5.41) is 13.9. The third-order valence-corrected chi connectivity index (χ3v) is 5.07. The summed E-state index contributed by atoms with van der Waals surface area (Å²) in [7, 11) is 0. The van der Waals surface area contributed by atoms with Gasteiger partial charge in [0.1, 0.15) is 11.6 Å². The number of pyridine rings is 1. The highest BCUT2D eigenvalue weighted by atomic mass is 15.3. The number of rotatable bonds is 4. The summed E-state index contributed by atoms with van der Waals surface area (Å²) >= 11 is 0. The van der Waals surface area contributed by atoms with Crippen molar-refractivity contribution < 1.29 is 0 Å². The fourth-order valence-corrected chi connectivity index (χ4v) is 3.78. The van der Waals surface area contributed by atoms with E-state index < -0.39 is 0 Å². The summed E-state index contributed by atoms with van der Waals surface area (Å²) < 4.78 is 0. The van der Waals surface area contributed by atoms with Crippen LogP contribution in [0.4, 0.5) is 17.5 Å². The molecule has 3 N–H and O–H groups in total. The van der Waals surface area contributed by atoms with E-state index in [1.165, 1.54) is 6.42 Å². The molecule has 0 aromatic carbocycles. The van der Waals surface area contributed by atoms with Gasteiger partial charge in [-0.1, -0.05) is 0 Å². The van der Waals surface area contributed by atoms with Crippen molar-refractivity contribution in [2.75, 3.05) is 23.3 Å². The Kier molecular flexibility index (Phi) is 3.78. The molecule has 3 aromatic heterocycles. The summed E-state index contributed by atoms with van der Waals surface area (Å²) in [6.45, 7) is 5.98. The SMILES string of the molecule is Cc1cc(Nc2cc(C)[nH]n2)nc(-c2ccc(N3CC4CC(C3)N4)nc2)n1. The van der Waals surface area contributed by atoms with Crippen molar-refractivity contribution in [3.05, 3.63) is 41.9 Å². The minimum atomic E-state index is 0.615. The van der Waals surface area contributed by atoms with Crippen LogP contribution in [0.1, 0.15) is 17.8 Å². The molecule has 0 amide bonds. The lowest BCUT2D eigenvalue weighted by Crippen LogP contribution is -2.67. The van der Waals surface area contributed by atoms with Crippen LogP contribution in [0.5, 0.6) is 0 Å². The smallest absolute Gasteiger partial charge is 0.163 e. The maximum Gasteiger partial charge on any atom is 0.163 e. The van der Waals surface area contributed by atoms with E-state index in [1.807, 2.05) is 38.2 Å². The third-order valence-electron chi connectivity index (χ3n) is 5.07. The van der Waals surface area contributed by atoms with Crippen LogP contribution in [0.2, 0.25) is 0 Å². The number of H-pyrrole nitrogens is 1. The first-order valence-electron chi connectivity index (χ1n) is 9.24. The van der Waals surface area contributed by atoms with Gasteiger partial charge in [-0.05, 0) is 32.4 Å². The summed E-state index contributed by atoms with van der Waals surface area (Å²) in [6.07, 6.45) is 3.15. The van der Waals surface area contributed by atoms with Gasteiger partial charge in [-0.3, -0.25) is 5.10 Å². The Balaban J connectivity index is 1.37. The molecule has 3 saturated heterocycles. The normalized spacial score (nSPS) is 21.0. The standard InChI is InChI=1S/C19H22N8/c1-11-5-16(23-17-6-12(2)25-26-17)24-19(21-11)13-3-4-18(20-8-13)27-9-14-7-15(10-27)22-14/h3-6,8,14-15,22H,7,9-10H2,1-2H3,(H2,21,23,24,25,26). The minimum absolute atomic E-state index is 0.615. The van der Waals surface area contributed by atoms with Gasteiger partial charge >= 0.3 is 0 Å². The largest absolute Gasteiger partial charge is 0.353 e. The molecular formula is C19H22N8. The molecule has 0 radical (unpaired) electrons. The molecule has 0 aliphatic carbocycles. The van der Waals surface area contributed by atoms with E-state index in [1.54, 1.807) is 0 Å². The molecule has 2 atom stereocenters. The average Bonchev–Trinajstić information content (AvgIpc) is 3.05. The molecule has 6 rings (SSSR count). The molecule has 3 aliphatic heterocycles. The summed E-state index contributed by atoms with van der Waals surface area (Å²) in [6, 6.07) is 9.19. The molecule has 0 spiro atoms. The minimum Gasteiger partial charge on any atom is -0.353 e. The number of hydrogen-bond acceptors (Lipinski definition) is 7. The number of piperazine rings is 1. The van der Waals surface area contributed by atoms with E-state index in [0.29, 0.717) is 17.9 Å². The Bertz CT molecular complexity index is 948. The number of anilines is 3. The third kappa shape index (κ3) is 3.23. The summed E-state index contributed by atoms with van der Waals surface area (Å²) in [4.78, 5) is 16.2. The maximum atomic E-state index is 4.66. The van der Waals surface area contributed by atoms with E-state index in [0.717, 1.165) is 47.5 Å². The van der Waals surface area contributed by atoms with E-state index >= 15 is 0 Å². The van der Waals surface area contributed by atoms with Crippen molar-refractivity contribution in [1.82, 2.24) is 30.5 Å². The van der Waals surface area contributed by atoms with E-state index in [4.69, 9.17) is 0 Å². The number of fused-ring (bicyclic) bond motifs is 2. The summed E-state index contributed by atoms with van der Waals surface area (Å²) in [5.74, 6) is 3.14. The first-order valence-corrected chi connectivity index (χ1v) is 9.24. The van der Waals surface area contributed by atoms with Crippen molar-refractivity contribution >= 4 is 17.5 Å². The zero-order chi connectivity index (χ0) is 18.4. The molecule has 2 bridgehead atoms.